The molecule has 0 spiro atoms. The monoisotopic (exact) mass is 258 g/mol. The molecule has 0 aromatic carbocycles. The van der Waals surface area contributed by atoms with Gasteiger partial charge in [-0.3, -0.25) is 0 Å². The Hall–Kier alpha value is -0.750. The fourth-order valence-corrected chi connectivity index (χ4v) is 1.30. The molecule has 2 N–H and O–H groups in total. The Morgan fingerprint density at radius 3 is 2.65 bits per heavy atom. The molecule has 1 unspecified atom stereocenters. The predicted molar refractivity (Wildman–Crippen MR) is 72.4 cm³/mol. The summed E-state index contributed by atoms with van der Waals surface area (Å²) in [6.07, 6.45) is 2.08. The standard InChI is InChI=1S/C11H22N4OS/c1-8(17-5)6-12-10-15-14-9(16-10)7-13-11(2,3)4/h8,13H,6-7H2,1-5H3,(H,12,15). The first-order valence-corrected chi connectivity index (χ1v) is 7.03. The van der Waals surface area contributed by atoms with Crippen LogP contribution in [0, 0.1) is 0 Å². The van der Waals surface area contributed by atoms with E-state index in [-0.39, 0.29) is 5.54 Å². The van der Waals surface area contributed by atoms with Crippen molar-refractivity contribution in [3.63, 3.8) is 0 Å². The lowest BCUT2D eigenvalue weighted by atomic mass is 10.1. The second-order valence-corrected chi connectivity index (χ2v) is 6.31. The van der Waals surface area contributed by atoms with Gasteiger partial charge in [-0.05, 0) is 27.0 Å². The Morgan fingerprint density at radius 2 is 2.06 bits per heavy atom. The molecule has 1 rings (SSSR count). The van der Waals surface area contributed by atoms with Crippen molar-refractivity contribution in [3.8, 4) is 0 Å². The van der Waals surface area contributed by atoms with Crippen molar-refractivity contribution in [2.24, 2.45) is 0 Å². The van der Waals surface area contributed by atoms with Crippen LogP contribution in [0.4, 0.5) is 6.01 Å². The van der Waals surface area contributed by atoms with Gasteiger partial charge in [0.15, 0.2) is 0 Å². The topological polar surface area (TPSA) is 63.0 Å². The molecule has 0 fully saturated rings. The molecule has 0 saturated heterocycles. The van der Waals surface area contributed by atoms with E-state index < -0.39 is 0 Å². The van der Waals surface area contributed by atoms with Gasteiger partial charge in [-0.2, -0.15) is 11.8 Å². The highest BCUT2D eigenvalue weighted by molar-refractivity contribution is 7.99. The number of aromatic nitrogens is 2. The maximum absolute atomic E-state index is 5.47. The minimum Gasteiger partial charge on any atom is -0.407 e. The lowest BCUT2D eigenvalue weighted by Gasteiger charge is -2.18. The summed E-state index contributed by atoms with van der Waals surface area (Å²) in [5.74, 6) is 0.610. The Bertz CT molecular complexity index is 334. The highest BCUT2D eigenvalue weighted by Gasteiger charge is 2.12. The molecule has 1 aromatic rings. The number of nitrogens with zero attached hydrogens (tertiary/aromatic N) is 2. The van der Waals surface area contributed by atoms with E-state index in [0.29, 0.717) is 23.7 Å². The maximum atomic E-state index is 5.47. The second kappa shape index (κ2) is 6.26. The van der Waals surface area contributed by atoms with Gasteiger partial charge in [-0.1, -0.05) is 12.0 Å². The van der Waals surface area contributed by atoms with Crippen molar-refractivity contribution in [1.29, 1.82) is 0 Å². The van der Waals surface area contributed by atoms with Crippen LogP contribution in [0.3, 0.4) is 0 Å². The minimum absolute atomic E-state index is 0.0510. The zero-order valence-electron chi connectivity index (χ0n) is 11.2. The average Bonchev–Trinajstić information content (AvgIpc) is 2.70. The summed E-state index contributed by atoms with van der Waals surface area (Å²) in [7, 11) is 0. The molecule has 1 heterocycles. The molecule has 98 valence electrons. The average molecular weight is 258 g/mol. The zero-order valence-corrected chi connectivity index (χ0v) is 12.0. The lowest BCUT2D eigenvalue weighted by molar-refractivity contribution is 0.384. The van der Waals surface area contributed by atoms with Crippen molar-refractivity contribution in [1.82, 2.24) is 15.5 Å². The van der Waals surface area contributed by atoms with Crippen molar-refractivity contribution >= 4 is 17.8 Å². The smallest absolute Gasteiger partial charge is 0.315 e. The fourth-order valence-electron chi connectivity index (χ4n) is 1.05. The second-order valence-electron chi connectivity index (χ2n) is 5.03. The van der Waals surface area contributed by atoms with E-state index in [9.17, 15) is 0 Å². The first kappa shape index (κ1) is 14.3. The number of hydrogen-bond acceptors (Lipinski definition) is 6. The van der Waals surface area contributed by atoms with Crippen LogP contribution in [0.25, 0.3) is 0 Å². The SMILES string of the molecule is CSC(C)CNc1nnc(CNC(C)(C)C)o1. The number of rotatable bonds is 6. The van der Waals surface area contributed by atoms with E-state index in [1.807, 2.05) is 0 Å². The molecule has 5 nitrogen and oxygen atoms in total. The van der Waals surface area contributed by atoms with Crippen LogP contribution in [-0.4, -0.2) is 33.8 Å². The first-order chi connectivity index (χ1) is 7.90. The third kappa shape index (κ3) is 5.93. The van der Waals surface area contributed by atoms with E-state index in [1.54, 1.807) is 11.8 Å². The summed E-state index contributed by atoms with van der Waals surface area (Å²) in [6, 6.07) is 0.497. The highest BCUT2D eigenvalue weighted by atomic mass is 32.2. The Balaban J connectivity index is 2.37. The van der Waals surface area contributed by atoms with Gasteiger partial charge >= 0.3 is 6.01 Å². The fraction of sp³-hybridized carbons (Fsp3) is 0.818. The number of anilines is 1. The molecule has 0 bridgehead atoms. The van der Waals surface area contributed by atoms with Crippen molar-refractivity contribution < 1.29 is 4.42 Å². The van der Waals surface area contributed by atoms with Crippen LogP contribution >= 0.6 is 11.8 Å². The summed E-state index contributed by atoms with van der Waals surface area (Å²) in [4.78, 5) is 0. The molecule has 0 amide bonds. The molecule has 0 aliphatic rings. The summed E-state index contributed by atoms with van der Waals surface area (Å²) in [6.45, 7) is 9.87. The quantitative estimate of drug-likeness (QED) is 0.815. The van der Waals surface area contributed by atoms with Gasteiger partial charge < -0.3 is 15.1 Å². The molecule has 6 heteroatoms. The van der Waals surface area contributed by atoms with Crippen LogP contribution < -0.4 is 10.6 Å². The van der Waals surface area contributed by atoms with Crippen molar-refractivity contribution in [2.75, 3.05) is 18.1 Å². The molecule has 17 heavy (non-hydrogen) atoms. The van der Waals surface area contributed by atoms with Gasteiger partial charge in [0.25, 0.3) is 0 Å². The van der Waals surface area contributed by atoms with E-state index >= 15 is 0 Å². The van der Waals surface area contributed by atoms with Crippen LogP contribution in [-0.2, 0) is 6.54 Å². The largest absolute Gasteiger partial charge is 0.407 e. The Labute approximate surface area is 107 Å². The van der Waals surface area contributed by atoms with Crippen LogP contribution in [0.1, 0.15) is 33.6 Å². The summed E-state index contributed by atoms with van der Waals surface area (Å²) < 4.78 is 5.47. The normalized spacial score (nSPS) is 13.7. The third-order valence-corrected chi connectivity index (χ3v) is 3.15. The van der Waals surface area contributed by atoms with Crippen LogP contribution in [0.15, 0.2) is 4.42 Å². The van der Waals surface area contributed by atoms with Gasteiger partial charge in [-0.25, -0.2) is 0 Å². The molecular weight excluding hydrogens is 236 g/mol. The third-order valence-electron chi connectivity index (χ3n) is 2.18. The van der Waals surface area contributed by atoms with Gasteiger partial charge in [0.1, 0.15) is 0 Å². The van der Waals surface area contributed by atoms with Gasteiger partial charge in [0.2, 0.25) is 5.89 Å². The molecule has 0 aliphatic heterocycles. The molecule has 0 radical (unpaired) electrons. The number of nitrogens with one attached hydrogen (secondary N) is 2. The zero-order chi connectivity index (χ0) is 12.9. The van der Waals surface area contributed by atoms with Gasteiger partial charge in [0.05, 0.1) is 6.54 Å². The van der Waals surface area contributed by atoms with Crippen molar-refractivity contribution in [2.45, 2.75) is 45.0 Å². The van der Waals surface area contributed by atoms with Crippen molar-refractivity contribution in [3.05, 3.63) is 5.89 Å². The first-order valence-electron chi connectivity index (χ1n) is 5.75. The van der Waals surface area contributed by atoms with E-state index in [0.717, 1.165) is 6.54 Å². The minimum atomic E-state index is 0.0510. The Kier molecular flexibility index (Phi) is 5.27. The molecule has 0 saturated carbocycles. The van der Waals surface area contributed by atoms with Gasteiger partial charge in [-0.15, -0.1) is 5.10 Å². The highest BCUT2D eigenvalue weighted by Crippen LogP contribution is 2.10. The molecule has 1 atom stereocenters. The molecule has 1 aromatic heterocycles. The Morgan fingerprint density at radius 1 is 1.35 bits per heavy atom. The lowest BCUT2D eigenvalue weighted by Crippen LogP contribution is -2.35. The number of hydrogen-bond donors (Lipinski definition) is 2. The summed E-state index contributed by atoms with van der Waals surface area (Å²) in [5, 5.41) is 14.9. The number of thioether (sulfide) groups is 1. The summed E-state index contributed by atoms with van der Waals surface area (Å²) >= 11 is 1.80. The predicted octanol–water partition coefficient (Wildman–Crippen LogP) is 2.12. The van der Waals surface area contributed by atoms with Gasteiger partial charge in [0, 0.05) is 17.3 Å². The van der Waals surface area contributed by atoms with E-state index in [2.05, 4.69) is 54.8 Å². The summed E-state index contributed by atoms with van der Waals surface area (Å²) in [5.41, 5.74) is 0.0510. The maximum Gasteiger partial charge on any atom is 0.315 e. The molecule has 0 aliphatic carbocycles. The molecular formula is C11H22N4OS. The van der Waals surface area contributed by atoms with E-state index in [1.165, 1.54) is 0 Å². The van der Waals surface area contributed by atoms with E-state index in [4.69, 9.17) is 4.42 Å². The van der Waals surface area contributed by atoms with Crippen LogP contribution in [0.5, 0.6) is 0 Å². The van der Waals surface area contributed by atoms with Crippen LogP contribution in [0.2, 0.25) is 0 Å².